The average Bonchev–Trinajstić information content (AvgIpc) is 2.53. The van der Waals surface area contributed by atoms with E-state index < -0.39 is 0 Å². The van der Waals surface area contributed by atoms with Crippen LogP contribution in [0.3, 0.4) is 0 Å². The fourth-order valence-electron chi connectivity index (χ4n) is 2.95. The lowest BCUT2D eigenvalue weighted by Crippen LogP contribution is -2.42. The molecule has 1 aliphatic heterocycles. The summed E-state index contributed by atoms with van der Waals surface area (Å²) in [7, 11) is 1.46. The first kappa shape index (κ1) is 16.0. The van der Waals surface area contributed by atoms with E-state index in [1.165, 1.54) is 7.11 Å². The quantitative estimate of drug-likeness (QED) is 0.755. The van der Waals surface area contributed by atoms with Gasteiger partial charge in [-0.2, -0.15) is 0 Å². The maximum absolute atomic E-state index is 12.1. The van der Waals surface area contributed by atoms with Crippen LogP contribution in [0, 0.1) is 0 Å². The van der Waals surface area contributed by atoms with E-state index in [1.807, 2.05) is 37.3 Å². The van der Waals surface area contributed by atoms with Crippen molar-refractivity contribution in [3.8, 4) is 0 Å². The number of nitrogens with zero attached hydrogens (tertiary/aromatic N) is 1. The smallest absolute Gasteiger partial charge is 0.314 e. The summed E-state index contributed by atoms with van der Waals surface area (Å²) in [6, 6.07) is 9.87. The van der Waals surface area contributed by atoms with Crippen molar-refractivity contribution in [2.75, 3.05) is 33.4 Å². The zero-order valence-corrected chi connectivity index (χ0v) is 13.0. The SMILES string of the molecule is CCOC1CCCN(CC(C(=O)OC)c2ccccc2)C1. The highest BCUT2D eigenvalue weighted by molar-refractivity contribution is 5.78. The lowest BCUT2D eigenvalue weighted by molar-refractivity contribution is -0.143. The second kappa shape index (κ2) is 8.15. The van der Waals surface area contributed by atoms with Crippen LogP contribution in [0.1, 0.15) is 31.2 Å². The highest BCUT2D eigenvalue weighted by Crippen LogP contribution is 2.22. The van der Waals surface area contributed by atoms with Gasteiger partial charge < -0.3 is 9.47 Å². The molecule has 0 N–H and O–H groups in total. The predicted octanol–water partition coefficient (Wildman–Crippen LogP) is 2.44. The number of rotatable bonds is 6. The molecule has 2 unspecified atom stereocenters. The predicted molar refractivity (Wildman–Crippen MR) is 82.3 cm³/mol. The van der Waals surface area contributed by atoms with Crippen LogP contribution < -0.4 is 0 Å². The lowest BCUT2D eigenvalue weighted by atomic mass is 9.97. The molecule has 0 saturated carbocycles. The van der Waals surface area contributed by atoms with Gasteiger partial charge in [0.15, 0.2) is 0 Å². The highest BCUT2D eigenvalue weighted by atomic mass is 16.5. The van der Waals surface area contributed by atoms with Crippen molar-refractivity contribution in [1.29, 1.82) is 0 Å². The third-order valence-electron chi connectivity index (χ3n) is 3.99. The maximum atomic E-state index is 12.1. The van der Waals surface area contributed by atoms with Crippen molar-refractivity contribution in [1.82, 2.24) is 4.90 Å². The molecule has 4 nitrogen and oxygen atoms in total. The molecule has 0 amide bonds. The van der Waals surface area contributed by atoms with E-state index in [2.05, 4.69) is 4.90 Å². The summed E-state index contributed by atoms with van der Waals surface area (Å²) in [6.07, 6.45) is 2.52. The summed E-state index contributed by atoms with van der Waals surface area (Å²) < 4.78 is 10.7. The summed E-state index contributed by atoms with van der Waals surface area (Å²) in [5.41, 5.74) is 1.02. The molecule has 2 rings (SSSR count). The van der Waals surface area contributed by atoms with Gasteiger partial charge in [-0.05, 0) is 31.9 Å². The molecule has 21 heavy (non-hydrogen) atoms. The number of ether oxygens (including phenoxy) is 2. The van der Waals surface area contributed by atoms with E-state index >= 15 is 0 Å². The van der Waals surface area contributed by atoms with Crippen LogP contribution in [-0.2, 0) is 14.3 Å². The summed E-state index contributed by atoms with van der Waals surface area (Å²) in [5, 5.41) is 0. The van der Waals surface area contributed by atoms with Gasteiger partial charge in [-0.3, -0.25) is 9.69 Å². The van der Waals surface area contributed by atoms with Crippen molar-refractivity contribution >= 4 is 5.97 Å². The van der Waals surface area contributed by atoms with Gasteiger partial charge in [0.1, 0.15) is 0 Å². The van der Waals surface area contributed by atoms with Gasteiger partial charge in [0.2, 0.25) is 0 Å². The van der Waals surface area contributed by atoms with Crippen LogP contribution in [0.5, 0.6) is 0 Å². The summed E-state index contributed by atoms with van der Waals surface area (Å²) in [5.74, 6) is -0.392. The number of piperidine rings is 1. The van der Waals surface area contributed by atoms with Crippen molar-refractivity contribution in [2.45, 2.75) is 31.8 Å². The number of carbonyl (C=O) groups excluding carboxylic acids is 1. The van der Waals surface area contributed by atoms with E-state index in [9.17, 15) is 4.79 Å². The number of hydrogen-bond acceptors (Lipinski definition) is 4. The topological polar surface area (TPSA) is 38.8 Å². The summed E-state index contributed by atoms with van der Waals surface area (Å²) in [4.78, 5) is 14.4. The Hall–Kier alpha value is -1.39. The zero-order chi connectivity index (χ0) is 15.1. The van der Waals surface area contributed by atoms with Crippen LogP contribution in [0.4, 0.5) is 0 Å². The van der Waals surface area contributed by atoms with Crippen LogP contribution >= 0.6 is 0 Å². The van der Waals surface area contributed by atoms with Crippen molar-refractivity contribution in [3.05, 3.63) is 35.9 Å². The second-order valence-corrected chi connectivity index (χ2v) is 5.47. The minimum atomic E-state index is -0.225. The molecule has 1 aromatic carbocycles. The molecule has 1 aliphatic rings. The van der Waals surface area contributed by atoms with E-state index in [0.29, 0.717) is 6.54 Å². The Morgan fingerprint density at radius 3 is 2.81 bits per heavy atom. The Kier molecular flexibility index (Phi) is 6.21. The number of carbonyl (C=O) groups is 1. The summed E-state index contributed by atoms with van der Waals surface area (Å²) in [6.45, 7) is 5.39. The second-order valence-electron chi connectivity index (χ2n) is 5.47. The fraction of sp³-hybridized carbons (Fsp3) is 0.588. The Bertz CT molecular complexity index is 433. The number of hydrogen-bond donors (Lipinski definition) is 0. The van der Waals surface area contributed by atoms with Gasteiger partial charge in [0, 0.05) is 19.7 Å². The highest BCUT2D eigenvalue weighted by Gasteiger charge is 2.27. The molecule has 1 heterocycles. The van der Waals surface area contributed by atoms with E-state index in [1.54, 1.807) is 0 Å². The molecule has 0 spiro atoms. The number of methoxy groups -OCH3 is 1. The Morgan fingerprint density at radius 1 is 1.38 bits per heavy atom. The molecular weight excluding hydrogens is 266 g/mol. The van der Waals surface area contributed by atoms with Crippen LogP contribution in [0.2, 0.25) is 0 Å². The van der Waals surface area contributed by atoms with Crippen LogP contribution in [-0.4, -0.2) is 50.3 Å². The largest absolute Gasteiger partial charge is 0.469 e. The standard InChI is InChI=1S/C17H25NO3/c1-3-21-15-10-7-11-18(12-15)13-16(17(19)20-2)14-8-5-4-6-9-14/h4-6,8-9,15-16H,3,7,10-13H2,1-2H3. The molecule has 1 aromatic rings. The molecule has 0 radical (unpaired) electrons. The van der Waals surface area contributed by atoms with Crippen molar-refractivity contribution < 1.29 is 14.3 Å². The van der Waals surface area contributed by atoms with E-state index in [0.717, 1.165) is 38.1 Å². The molecular formula is C17H25NO3. The Balaban J connectivity index is 2.03. The third kappa shape index (κ3) is 4.55. The van der Waals surface area contributed by atoms with Gasteiger partial charge in [-0.1, -0.05) is 30.3 Å². The monoisotopic (exact) mass is 291 g/mol. The minimum Gasteiger partial charge on any atom is -0.469 e. The third-order valence-corrected chi connectivity index (χ3v) is 3.99. The van der Waals surface area contributed by atoms with Crippen molar-refractivity contribution in [2.24, 2.45) is 0 Å². The van der Waals surface area contributed by atoms with Crippen LogP contribution in [0.15, 0.2) is 30.3 Å². The normalized spacial score (nSPS) is 21.0. The van der Waals surface area contributed by atoms with Gasteiger partial charge in [-0.25, -0.2) is 0 Å². The molecule has 116 valence electrons. The van der Waals surface area contributed by atoms with Crippen molar-refractivity contribution in [3.63, 3.8) is 0 Å². The van der Waals surface area contributed by atoms with Gasteiger partial charge in [0.25, 0.3) is 0 Å². The van der Waals surface area contributed by atoms with E-state index in [-0.39, 0.29) is 18.0 Å². The Morgan fingerprint density at radius 2 is 2.14 bits per heavy atom. The van der Waals surface area contributed by atoms with Gasteiger partial charge >= 0.3 is 5.97 Å². The Labute approximate surface area is 127 Å². The van der Waals surface area contributed by atoms with Gasteiger partial charge in [0.05, 0.1) is 19.1 Å². The molecule has 4 heteroatoms. The number of esters is 1. The van der Waals surface area contributed by atoms with Crippen LogP contribution in [0.25, 0.3) is 0 Å². The first-order valence-corrected chi connectivity index (χ1v) is 7.71. The summed E-state index contributed by atoms with van der Waals surface area (Å²) >= 11 is 0. The first-order valence-electron chi connectivity index (χ1n) is 7.71. The molecule has 2 atom stereocenters. The zero-order valence-electron chi connectivity index (χ0n) is 13.0. The minimum absolute atomic E-state index is 0.167. The maximum Gasteiger partial charge on any atom is 0.314 e. The number of benzene rings is 1. The molecule has 0 aromatic heterocycles. The van der Waals surface area contributed by atoms with Gasteiger partial charge in [-0.15, -0.1) is 0 Å². The fourth-order valence-corrected chi connectivity index (χ4v) is 2.95. The average molecular weight is 291 g/mol. The number of likely N-dealkylation sites (tertiary alicyclic amines) is 1. The van der Waals surface area contributed by atoms with E-state index in [4.69, 9.17) is 9.47 Å². The lowest BCUT2D eigenvalue weighted by Gasteiger charge is -2.34. The first-order chi connectivity index (χ1) is 10.2. The molecule has 1 saturated heterocycles. The molecule has 0 bridgehead atoms. The molecule has 0 aliphatic carbocycles. The molecule has 1 fully saturated rings.